The Morgan fingerprint density at radius 2 is 1.93 bits per heavy atom. The van der Waals surface area contributed by atoms with Crippen LogP contribution in [0.4, 0.5) is 0 Å². The van der Waals surface area contributed by atoms with E-state index in [1.54, 1.807) is 11.1 Å². The predicted molar refractivity (Wildman–Crippen MR) is 117 cm³/mol. The van der Waals surface area contributed by atoms with E-state index in [0.29, 0.717) is 11.7 Å². The van der Waals surface area contributed by atoms with Gasteiger partial charge in [-0.15, -0.1) is 5.10 Å². The topological polar surface area (TPSA) is 45.0 Å². The standard InChI is InChI=1S/C21H22BrN3OS/c1-3-6-19-20(26)25(14-17-8-5-4-7-15(17)2)21(27-19)24-23-13-16-9-11-18(22)12-10-16/h4-5,7-13,19H,3,6,14H2,1-2H3/b23-13+,24-21+. The van der Waals surface area contributed by atoms with E-state index < -0.39 is 0 Å². The Morgan fingerprint density at radius 1 is 1.19 bits per heavy atom. The van der Waals surface area contributed by atoms with Gasteiger partial charge < -0.3 is 0 Å². The minimum atomic E-state index is -0.0688. The van der Waals surface area contributed by atoms with E-state index >= 15 is 0 Å². The summed E-state index contributed by atoms with van der Waals surface area (Å²) in [7, 11) is 0. The molecule has 27 heavy (non-hydrogen) atoms. The Balaban J connectivity index is 1.82. The fourth-order valence-corrected chi connectivity index (χ4v) is 4.31. The molecule has 0 radical (unpaired) electrons. The number of rotatable bonds is 6. The maximum atomic E-state index is 12.9. The molecule has 1 saturated heterocycles. The number of carbonyl (C=O) groups is 1. The van der Waals surface area contributed by atoms with Crippen LogP contribution in [0.15, 0.2) is 63.2 Å². The summed E-state index contributed by atoms with van der Waals surface area (Å²) < 4.78 is 1.02. The Kier molecular flexibility index (Phi) is 6.85. The summed E-state index contributed by atoms with van der Waals surface area (Å²) in [6.45, 7) is 4.70. The molecule has 2 aromatic rings. The molecule has 0 aromatic heterocycles. The second kappa shape index (κ2) is 9.33. The molecule has 1 amide bonds. The lowest BCUT2D eigenvalue weighted by Crippen LogP contribution is -2.31. The summed E-state index contributed by atoms with van der Waals surface area (Å²) in [4.78, 5) is 14.6. The Hall–Kier alpha value is -1.92. The summed E-state index contributed by atoms with van der Waals surface area (Å²) in [5.74, 6) is 0.127. The number of aryl methyl sites for hydroxylation is 1. The first-order chi connectivity index (χ1) is 13.1. The molecule has 0 bridgehead atoms. The molecule has 1 unspecified atom stereocenters. The monoisotopic (exact) mass is 443 g/mol. The zero-order valence-electron chi connectivity index (χ0n) is 15.4. The smallest absolute Gasteiger partial charge is 0.242 e. The van der Waals surface area contributed by atoms with Crippen molar-refractivity contribution in [3.05, 3.63) is 69.7 Å². The molecule has 140 valence electrons. The predicted octanol–water partition coefficient (Wildman–Crippen LogP) is 5.39. The molecule has 4 nitrogen and oxygen atoms in total. The highest BCUT2D eigenvalue weighted by Crippen LogP contribution is 2.32. The van der Waals surface area contributed by atoms with Gasteiger partial charge in [0.15, 0.2) is 5.17 Å². The number of amides is 1. The van der Waals surface area contributed by atoms with E-state index in [1.165, 1.54) is 17.3 Å². The fraction of sp³-hybridized carbons (Fsp3) is 0.286. The first-order valence-corrected chi connectivity index (χ1v) is 10.6. The van der Waals surface area contributed by atoms with E-state index in [9.17, 15) is 4.79 Å². The molecular formula is C21H22BrN3OS. The van der Waals surface area contributed by atoms with Crippen LogP contribution in [0.2, 0.25) is 0 Å². The van der Waals surface area contributed by atoms with Gasteiger partial charge in [0.2, 0.25) is 5.91 Å². The number of benzene rings is 2. The lowest BCUT2D eigenvalue weighted by atomic mass is 10.1. The van der Waals surface area contributed by atoms with Gasteiger partial charge in [-0.05, 0) is 42.2 Å². The minimum Gasteiger partial charge on any atom is -0.284 e. The molecule has 3 rings (SSSR count). The Bertz CT molecular complexity index is 864. The fourth-order valence-electron chi connectivity index (χ4n) is 2.83. The maximum absolute atomic E-state index is 12.9. The average Bonchev–Trinajstić information content (AvgIpc) is 2.95. The molecular weight excluding hydrogens is 422 g/mol. The van der Waals surface area contributed by atoms with E-state index in [0.717, 1.165) is 28.4 Å². The summed E-state index contributed by atoms with van der Waals surface area (Å²) in [5, 5.41) is 9.21. The van der Waals surface area contributed by atoms with Gasteiger partial charge in [0, 0.05) is 4.47 Å². The second-order valence-electron chi connectivity index (χ2n) is 6.42. The molecule has 1 aliphatic heterocycles. The molecule has 0 N–H and O–H groups in total. The molecule has 0 aliphatic carbocycles. The molecule has 1 atom stereocenters. The Morgan fingerprint density at radius 3 is 2.63 bits per heavy atom. The normalized spacial score (nSPS) is 18.8. The lowest BCUT2D eigenvalue weighted by Gasteiger charge is -2.17. The van der Waals surface area contributed by atoms with Crippen LogP contribution in [-0.4, -0.2) is 27.4 Å². The van der Waals surface area contributed by atoms with Gasteiger partial charge >= 0.3 is 0 Å². The van der Waals surface area contributed by atoms with Crippen molar-refractivity contribution in [3.63, 3.8) is 0 Å². The van der Waals surface area contributed by atoms with Crippen molar-refractivity contribution < 1.29 is 4.79 Å². The van der Waals surface area contributed by atoms with Gasteiger partial charge in [0.05, 0.1) is 18.0 Å². The van der Waals surface area contributed by atoms with Crippen molar-refractivity contribution in [1.82, 2.24) is 4.90 Å². The van der Waals surface area contributed by atoms with Gasteiger partial charge in [-0.1, -0.05) is 77.4 Å². The van der Waals surface area contributed by atoms with Crippen LogP contribution in [0.25, 0.3) is 0 Å². The molecule has 1 fully saturated rings. The molecule has 1 aliphatic rings. The van der Waals surface area contributed by atoms with Crippen LogP contribution >= 0.6 is 27.7 Å². The number of hydrogen-bond acceptors (Lipinski definition) is 4. The van der Waals surface area contributed by atoms with Crippen LogP contribution in [0, 0.1) is 6.92 Å². The summed E-state index contributed by atoms with van der Waals surface area (Å²) in [5.41, 5.74) is 3.27. The van der Waals surface area contributed by atoms with Gasteiger partial charge in [0.1, 0.15) is 0 Å². The third-order valence-electron chi connectivity index (χ3n) is 4.38. The molecule has 2 aromatic carbocycles. The largest absolute Gasteiger partial charge is 0.284 e. The highest BCUT2D eigenvalue weighted by Gasteiger charge is 2.37. The van der Waals surface area contributed by atoms with Crippen LogP contribution < -0.4 is 0 Å². The lowest BCUT2D eigenvalue weighted by molar-refractivity contribution is -0.126. The second-order valence-corrected chi connectivity index (χ2v) is 8.51. The third kappa shape index (κ3) is 5.08. The van der Waals surface area contributed by atoms with Crippen molar-refractivity contribution >= 4 is 45.0 Å². The Labute approximate surface area is 172 Å². The van der Waals surface area contributed by atoms with Gasteiger partial charge in [-0.3, -0.25) is 9.69 Å². The number of thioether (sulfide) groups is 1. The highest BCUT2D eigenvalue weighted by molar-refractivity contribution is 9.10. The van der Waals surface area contributed by atoms with Crippen molar-refractivity contribution in [1.29, 1.82) is 0 Å². The zero-order valence-corrected chi connectivity index (χ0v) is 17.8. The van der Waals surface area contributed by atoms with E-state index in [-0.39, 0.29) is 11.2 Å². The van der Waals surface area contributed by atoms with Crippen molar-refractivity contribution in [3.8, 4) is 0 Å². The van der Waals surface area contributed by atoms with E-state index in [2.05, 4.69) is 52.1 Å². The van der Waals surface area contributed by atoms with Crippen LogP contribution in [0.5, 0.6) is 0 Å². The quantitative estimate of drug-likeness (QED) is 0.443. The maximum Gasteiger partial charge on any atom is 0.242 e. The van der Waals surface area contributed by atoms with E-state index in [4.69, 9.17) is 0 Å². The van der Waals surface area contributed by atoms with Gasteiger partial charge in [-0.2, -0.15) is 5.10 Å². The first-order valence-electron chi connectivity index (χ1n) is 8.97. The number of hydrogen-bond donors (Lipinski definition) is 0. The van der Waals surface area contributed by atoms with Crippen molar-refractivity contribution in [2.24, 2.45) is 10.2 Å². The number of amidine groups is 1. The molecule has 0 spiro atoms. The zero-order chi connectivity index (χ0) is 19.2. The molecule has 1 heterocycles. The SMILES string of the molecule is CCCC1S/C(=N/N=C/c2ccc(Br)cc2)N(Cc2ccccc2C)C1=O. The summed E-state index contributed by atoms with van der Waals surface area (Å²) in [6, 6.07) is 16.0. The van der Waals surface area contributed by atoms with Crippen molar-refractivity contribution in [2.45, 2.75) is 38.5 Å². The van der Waals surface area contributed by atoms with Crippen LogP contribution in [0.1, 0.15) is 36.5 Å². The van der Waals surface area contributed by atoms with Crippen LogP contribution in [0.3, 0.4) is 0 Å². The average molecular weight is 444 g/mol. The number of carbonyl (C=O) groups excluding carboxylic acids is 1. The summed E-state index contributed by atoms with van der Waals surface area (Å²) in [6.07, 6.45) is 3.53. The molecule has 6 heteroatoms. The van der Waals surface area contributed by atoms with Gasteiger partial charge in [-0.25, -0.2) is 0 Å². The first kappa shape index (κ1) is 19.8. The minimum absolute atomic E-state index is 0.0688. The van der Waals surface area contributed by atoms with Crippen molar-refractivity contribution in [2.75, 3.05) is 0 Å². The van der Waals surface area contributed by atoms with Crippen LogP contribution in [-0.2, 0) is 11.3 Å². The van der Waals surface area contributed by atoms with E-state index in [1.807, 2.05) is 36.4 Å². The number of halogens is 1. The summed E-state index contributed by atoms with van der Waals surface area (Å²) >= 11 is 4.94. The number of nitrogens with zero attached hydrogens (tertiary/aromatic N) is 3. The van der Waals surface area contributed by atoms with Gasteiger partial charge in [0.25, 0.3) is 0 Å². The third-order valence-corrected chi connectivity index (χ3v) is 6.14. The highest BCUT2D eigenvalue weighted by atomic mass is 79.9. The molecule has 0 saturated carbocycles.